The van der Waals surface area contributed by atoms with E-state index in [4.69, 9.17) is 21.8 Å². The molecular formula is C8H10ClN3O4S. The van der Waals surface area contributed by atoms with Crippen molar-refractivity contribution < 1.29 is 18.3 Å². The first-order chi connectivity index (χ1) is 7.79. The standard InChI is InChI=1S/C8H10ClN3O4S/c9-5-1-2-6(12-7(5)8(13)14)11-3-4-17(10,15)16/h1-2H,3-4H2,(H,11,12)(H,13,14)(H2,10,15,16). The number of carboxylic acids is 1. The van der Waals surface area contributed by atoms with Crippen molar-refractivity contribution in [3.05, 3.63) is 22.8 Å². The second-order valence-electron chi connectivity index (χ2n) is 3.13. The van der Waals surface area contributed by atoms with Crippen LogP contribution in [0.1, 0.15) is 10.5 Å². The van der Waals surface area contributed by atoms with E-state index in [1.54, 1.807) is 0 Å². The van der Waals surface area contributed by atoms with Gasteiger partial charge in [0.25, 0.3) is 0 Å². The molecule has 0 radical (unpaired) electrons. The average Bonchev–Trinajstić information content (AvgIpc) is 2.18. The van der Waals surface area contributed by atoms with Gasteiger partial charge in [-0.2, -0.15) is 0 Å². The van der Waals surface area contributed by atoms with Crippen LogP contribution in [0.4, 0.5) is 5.82 Å². The van der Waals surface area contributed by atoms with Gasteiger partial charge in [-0.05, 0) is 12.1 Å². The lowest BCUT2D eigenvalue weighted by Crippen LogP contribution is -2.22. The Kier molecular flexibility index (Phi) is 4.27. The summed E-state index contributed by atoms with van der Waals surface area (Å²) in [5.41, 5.74) is -0.299. The van der Waals surface area contributed by atoms with Crippen molar-refractivity contribution in [1.29, 1.82) is 0 Å². The number of aromatic carboxylic acids is 1. The molecule has 0 spiro atoms. The molecule has 9 heteroatoms. The fourth-order valence-electron chi connectivity index (χ4n) is 1.01. The zero-order valence-corrected chi connectivity index (χ0v) is 10.1. The topological polar surface area (TPSA) is 122 Å². The smallest absolute Gasteiger partial charge is 0.356 e. The number of rotatable bonds is 5. The highest BCUT2D eigenvalue weighted by atomic mass is 35.5. The van der Waals surface area contributed by atoms with E-state index in [2.05, 4.69) is 10.3 Å². The summed E-state index contributed by atoms with van der Waals surface area (Å²) in [6, 6.07) is 2.80. The molecule has 0 aliphatic rings. The van der Waals surface area contributed by atoms with Gasteiger partial charge in [-0.25, -0.2) is 23.3 Å². The molecule has 1 rings (SSSR count). The first-order valence-corrected chi connectivity index (χ1v) is 6.53. The fourth-order valence-corrected chi connectivity index (χ4v) is 1.58. The van der Waals surface area contributed by atoms with Crippen molar-refractivity contribution in [3.63, 3.8) is 0 Å². The molecule has 0 saturated carbocycles. The van der Waals surface area contributed by atoms with E-state index in [1.807, 2.05) is 0 Å². The number of carboxylic acid groups (broad SMARTS) is 1. The summed E-state index contributed by atoms with van der Waals surface area (Å²) >= 11 is 5.61. The van der Waals surface area contributed by atoms with Crippen molar-refractivity contribution >= 4 is 33.4 Å². The van der Waals surface area contributed by atoms with Gasteiger partial charge in [-0.3, -0.25) is 0 Å². The van der Waals surface area contributed by atoms with Gasteiger partial charge in [0.1, 0.15) is 5.82 Å². The number of anilines is 1. The summed E-state index contributed by atoms with van der Waals surface area (Å²) in [7, 11) is -3.56. The minimum absolute atomic E-state index is 0.00879. The van der Waals surface area contributed by atoms with E-state index < -0.39 is 16.0 Å². The van der Waals surface area contributed by atoms with Gasteiger partial charge in [0.2, 0.25) is 10.0 Å². The molecular weight excluding hydrogens is 270 g/mol. The van der Waals surface area contributed by atoms with E-state index in [0.717, 1.165) is 0 Å². The quantitative estimate of drug-likeness (QED) is 0.704. The molecule has 1 heterocycles. The lowest BCUT2D eigenvalue weighted by molar-refractivity contribution is 0.0691. The molecule has 0 fully saturated rings. The van der Waals surface area contributed by atoms with E-state index in [0.29, 0.717) is 0 Å². The zero-order chi connectivity index (χ0) is 13.1. The highest BCUT2D eigenvalue weighted by Crippen LogP contribution is 2.16. The molecule has 7 nitrogen and oxygen atoms in total. The molecule has 1 aromatic rings. The molecule has 0 atom stereocenters. The van der Waals surface area contributed by atoms with Crippen LogP contribution in [0, 0.1) is 0 Å². The van der Waals surface area contributed by atoms with E-state index in [9.17, 15) is 13.2 Å². The van der Waals surface area contributed by atoms with Gasteiger partial charge in [0.05, 0.1) is 10.8 Å². The predicted molar refractivity (Wildman–Crippen MR) is 62.7 cm³/mol. The Bertz CT molecular complexity index is 532. The maximum absolute atomic E-state index is 10.7. The van der Waals surface area contributed by atoms with Crippen LogP contribution in [0.25, 0.3) is 0 Å². The molecule has 0 unspecified atom stereocenters. The second kappa shape index (κ2) is 5.30. The minimum Gasteiger partial charge on any atom is -0.476 e. The third-order valence-corrected chi connectivity index (χ3v) is 2.82. The first-order valence-electron chi connectivity index (χ1n) is 4.44. The normalized spacial score (nSPS) is 11.2. The first kappa shape index (κ1) is 13.7. The van der Waals surface area contributed by atoms with Crippen molar-refractivity contribution in [2.75, 3.05) is 17.6 Å². The number of carbonyl (C=O) groups is 1. The molecule has 4 N–H and O–H groups in total. The largest absolute Gasteiger partial charge is 0.476 e. The molecule has 0 aliphatic carbocycles. The number of pyridine rings is 1. The highest BCUT2D eigenvalue weighted by molar-refractivity contribution is 7.89. The van der Waals surface area contributed by atoms with Crippen molar-refractivity contribution in [3.8, 4) is 0 Å². The molecule has 0 bridgehead atoms. The third kappa shape index (κ3) is 4.55. The summed E-state index contributed by atoms with van der Waals surface area (Å²) in [4.78, 5) is 14.4. The van der Waals surface area contributed by atoms with Gasteiger partial charge in [-0.15, -0.1) is 0 Å². The van der Waals surface area contributed by atoms with Gasteiger partial charge in [0, 0.05) is 6.54 Å². The van der Waals surface area contributed by atoms with Crippen molar-refractivity contribution in [1.82, 2.24) is 4.98 Å². The van der Waals surface area contributed by atoms with E-state index >= 15 is 0 Å². The molecule has 17 heavy (non-hydrogen) atoms. The summed E-state index contributed by atoms with van der Waals surface area (Å²) < 4.78 is 21.3. The maximum Gasteiger partial charge on any atom is 0.356 e. The van der Waals surface area contributed by atoms with Crippen LogP contribution < -0.4 is 10.5 Å². The van der Waals surface area contributed by atoms with Crippen LogP contribution in [0.2, 0.25) is 5.02 Å². The number of hydrogen-bond acceptors (Lipinski definition) is 5. The maximum atomic E-state index is 10.7. The number of aromatic nitrogens is 1. The Balaban J connectivity index is 2.73. The Labute approximate surface area is 103 Å². The Morgan fingerprint density at radius 3 is 2.71 bits per heavy atom. The average molecular weight is 280 g/mol. The Morgan fingerprint density at radius 1 is 1.53 bits per heavy atom. The minimum atomic E-state index is -3.56. The van der Waals surface area contributed by atoms with Crippen LogP contribution >= 0.6 is 11.6 Å². The summed E-state index contributed by atoms with van der Waals surface area (Å²) in [5.74, 6) is -1.32. The number of nitrogens with two attached hydrogens (primary N) is 1. The van der Waals surface area contributed by atoms with Crippen LogP contribution in [-0.2, 0) is 10.0 Å². The number of nitrogens with zero attached hydrogens (tertiary/aromatic N) is 1. The lowest BCUT2D eigenvalue weighted by Gasteiger charge is -2.06. The SMILES string of the molecule is NS(=O)(=O)CCNc1ccc(Cl)c(C(=O)O)n1. The van der Waals surface area contributed by atoms with Crippen LogP contribution in [0.5, 0.6) is 0 Å². The monoisotopic (exact) mass is 279 g/mol. The highest BCUT2D eigenvalue weighted by Gasteiger charge is 2.11. The Hall–Kier alpha value is -1.38. The molecule has 0 aromatic carbocycles. The molecule has 0 amide bonds. The summed E-state index contributed by atoms with van der Waals surface area (Å²) in [6.45, 7) is 0.0343. The van der Waals surface area contributed by atoms with Crippen molar-refractivity contribution in [2.24, 2.45) is 5.14 Å². The summed E-state index contributed by atoms with van der Waals surface area (Å²) in [5, 5.41) is 16.2. The third-order valence-electron chi connectivity index (χ3n) is 1.74. The molecule has 0 saturated heterocycles. The van der Waals surface area contributed by atoms with Gasteiger partial charge in [-0.1, -0.05) is 11.6 Å². The lowest BCUT2D eigenvalue weighted by atomic mass is 10.3. The Morgan fingerprint density at radius 2 is 2.18 bits per heavy atom. The molecule has 0 aliphatic heterocycles. The van der Waals surface area contributed by atoms with Gasteiger partial charge >= 0.3 is 5.97 Å². The summed E-state index contributed by atoms with van der Waals surface area (Å²) in [6.07, 6.45) is 0. The predicted octanol–water partition coefficient (Wildman–Crippen LogP) is 0.134. The van der Waals surface area contributed by atoms with Gasteiger partial charge in [0.15, 0.2) is 5.69 Å². The molecule has 1 aromatic heterocycles. The van der Waals surface area contributed by atoms with Crippen LogP contribution in [-0.4, -0.2) is 36.8 Å². The number of halogens is 1. The zero-order valence-electron chi connectivity index (χ0n) is 8.55. The van der Waals surface area contributed by atoms with Crippen LogP contribution in [0.15, 0.2) is 12.1 Å². The van der Waals surface area contributed by atoms with Crippen LogP contribution in [0.3, 0.4) is 0 Å². The second-order valence-corrected chi connectivity index (χ2v) is 5.27. The number of sulfonamides is 1. The number of hydrogen-bond donors (Lipinski definition) is 3. The van der Waals surface area contributed by atoms with Gasteiger partial charge < -0.3 is 10.4 Å². The number of nitrogens with one attached hydrogen (secondary N) is 1. The number of primary sulfonamides is 1. The molecule has 94 valence electrons. The van der Waals surface area contributed by atoms with Crippen molar-refractivity contribution in [2.45, 2.75) is 0 Å². The van der Waals surface area contributed by atoms with E-state index in [1.165, 1.54) is 12.1 Å². The van der Waals surface area contributed by atoms with E-state index in [-0.39, 0.29) is 28.8 Å². The fraction of sp³-hybridized carbons (Fsp3) is 0.250.